The number of benzene rings is 1. The standard InChI is InChI=1S/C54H84N2S5Si2/c1-7-13-19-25-33-62(34-26-20-14-8-2,35-27-21-15-9-3)51-41-49-47(59-51)39-45(57-49)43-31-32-44(54-53(43)55-61-56-54)46-40-48-50(58-46)42-52(60-48)63(36-28-22-16-10-4,37-29-23-17-11-5)38-30-24-18-12-6/h31-32,39-42H,7-30,33-38H2,1-6H3. The van der Waals surface area contributed by atoms with E-state index >= 15 is 0 Å². The van der Waals surface area contributed by atoms with Crippen molar-refractivity contribution in [2.45, 2.75) is 232 Å². The number of hydrogen-bond acceptors (Lipinski definition) is 7. The first-order valence-corrected chi connectivity index (χ1v) is 35.5. The number of thiophene rings is 4. The minimum Gasteiger partial charge on any atom is -0.172 e. The van der Waals surface area contributed by atoms with Crippen molar-refractivity contribution in [3.8, 4) is 20.9 Å². The van der Waals surface area contributed by atoms with Gasteiger partial charge in [0, 0.05) is 39.7 Å². The lowest BCUT2D eigenvalue weighted by Crippen LogP contribution is -2.45. The highest BCUT2D eigenvalue weighted by molar-refractivity contribution is 7.37. The van der Waals surface area contributed by atoms with E-state index in [0.717, 1.165) is 11.0 Å². The molecule has 0 N–H and O–H groups in total. The fraction of sp³-hybridized carbons (Fsp3) is 0.667. The third-order valence-electron chi connectivity index (χ3n) is 14.5. The van der Waals surface area contributed by atoms with Gasteiger partial charge in [0.25, 0.3) is 0 Å². The molecule has 0 bridgehead atoms. The van der Waals surface area contributed by atoms with Crippen LogP contribution < -0.4 is 9.00 Å². The molecule has 348 valence electrons. The summed E-state index contributed by atoms with van der Waals surface area (Å²) >= 11 is 9.79. The molecular weight excluding hydrogens is 893 g/mol. The average molecular weight is 978 g/mol. The number of nitrogens with zero attached hydrogens (tertiary/aromatic N) is 2. The molecule has 0 aliphatic rings. The maximum atomic E-state index is 5.01. The van der Waals surface area contributed by atoms with Crippen molar-refractivity contribution in [3.05, 3.63) is 36.4 Å². The van der Waals surface area contributed by atoms with E-state index in [0.29, 0.717) is 0 Å². The van der Waals surface area contributed by atoms with Crippen molar-refractivity contribution < 1.29 is 0 Å². The molecule has 6 rings (SSSR count). The quantitative estimate of drug-likeness (QED) is 0.0297. The second kappa shape index (κ2) is 27.0. The second-order valence-electron chi connectivity index (χ2n) is 19.4. The first-order chi connectivity index (χ1) is 30.9. The van der Waals surface area contributed by atoms with E-state index in [4.69, 9.17) is 8.75 Å². The van der Waals surface area contributed by atoms with Gasteiger partial charge in [-0.3, -0.25) is 0 Å². The Bertz CT molecular complexity index is 1910. The van der Waals surface area contributed by atoms with Gasteiger partial charge in [0.2, 0.25) is 0 Å². The van der Waals surface area contributed by atoms with E-state index in [1.807, 2.05) is 31.7 Å². The summed E-state index contributed by atoms with van der Waals surface area (Å²) in [5.74, 6) is 0. The lowest BCUT2D eigenvalue weighted by atomic mass is 10.1. The first-order valence-electron chi connectivity index (χ1n) is 26.3. The Labute approximate surface area is 406 Å². The summed E-state index contributed by atoms with van der Waals surface area (Å²) in [7, 11) is -3.17. The molecule has 0 saturated carbocycles. The summed E-state index contributed by atoms with van der Waals surface area (Å²) in [4.78, 5) is 2.73. The third-order valence-corrected chi connectivity index (χ3v) is 32.7. The van der Waals surface area contributed by atoms with E-state index < -0.39 is 16.1 Å². The van der Waals surface area contributed by atoms with Gasteiger partial charge in [0.15, 0.2) is 0 Å². The molecule has 0 radical (unpaired) electrons. The number of aromatic nitrogens is 2. The van der Waals surface area contributed by atoms with Gasteiger partial charge in [0.05, 0.1) is 27.9 Å². The predicted octanol–water partition coefficient (Wildman–Crippen LogP) is 20.4. The molecule has 5 aromatic heterocycles. The number of fused-ring (bicyclic) bond motifs is 3. The Kier molecular flexibility index (Phi) is 21.9. The fourth-order valence-corrected chi connectivity index (χ4v) is 29.4. The zero-order chi connectivity index (χ0) is 44.3. The lowest BCUT2D eigenvalue weighted by Gasteiger charge is -2.31. The summed E-state index contributed by atoms with van der Waals surface area (Å²) in [5.41, 5.74) is 4.72. The Morgan fingerprint density at radius 2 is 0.635 bits per heavy atom. The zero-order valence-electron chi connectivity index (χ0n) is 40.6. The molecule has 1 aromatic carbocycles. The maximum absolute atomic E-state index is 5.01. The van der Waals surface area contributed by atoms with E-state index in [1.54, 1.807) is 0 Å². The van der Waals surface area contributed by atoms with Gasteiger partial charge >= 0.3 is 0 Å². The Morgan fingerprint density at radius 3 is 0.905 bits per heavy atom. The van der Waals surface area contributed by atoms with Gasteiger partial charge < -0.3 is 0 Å². The van der Waals surface area contributed by atoms with Gasteiger partial charge in [-0.15, -0.1) is 45.3 Å². The molecule has 0 atom stereocenters. The van der Waals surface area contributed by atoms with Crippen LogP contribution in [0.3, 0.4) is 0 Å². The predicted molar refractivity (Wildman–Crippen MR) is 299 cm³/mol. The molecule has 2 nitrogen and oxygen atoms in total. The fourth-order valence-electron chi connectivity index (χ4n) is 10.6. The maximum Gasteiger partial charge on any atom is 0.114 e. The highest BCUT2D eigenvalue weighted by Gasteiger charge is 2.37. The molecule has 0 unspecified atom stereocenters. The second-order valence-corrected chi connectivity index (χ2v) is 34.2. The van der Waals surface area contributed by atoms with Crippen LogP contribution in [-0.2, 0) is 0 Å². The van der Waals surface area contributed by atoms with Gasteiger partial charge in [0.1, 0.15) is 11.0 Å². The van der Waals surface area contributed by atoms with Gasteiger partial charge in [-0.1, -0.05) is 244 Å². The number of hydrogen-bond donors (Lipinski definition) is 0. The minimum absolute atomic E-state index is 1.09. The van der Waals surface area contributed by atoms with Crippen LogP contribution in [0.1, 0.15) is 196 Å². The average Bonchev–Trinajstić information content (AvgIpc) is 4.14. The van der Waals surface area contributed by atoms with E-state index in [1.165, 1.54) is 242 Å². The summed E-state index contributed by atoms with van der Waals surface area (Å²) in [6, 6.07) is 24.2. The first kappa shape index (κ1) is 51.2. The van der Waals surface area contributed by atoms with E-state index in [9.17, 15) is 0 Å². The molecule has 6 aromatic rings. The molecule has 0 amide bonds. The smallest absolute Gasteiger partial charge is 0.114 e. The van der Waals surface area contributed by atoms with Crippen LogP contribution in [0, 0.1) is 0 Å². The van der Waals surface area contributed by atoms with Crippen LogP contribution in [0.25, 0.3) is 50.7 Å². The minimum atomic E-state index is -1.59. The molecular formula is C54H84N2S5Si2. The van der Waals surface area contributed by atoms with Gasteiger partial charge in [-0.05, 0) is 33.3 Å². The molecule has 63 heavy (non-hydrogen) atoms. The zero-order valence-corrected chi connectivity index (χ0v) is 46.7. The van der Waals surface area contributed by atoms with Crippen molar-refractivity contribution in [3.63, 3.8) is 0 Å². The Balaban J connectivity index is 1.28. The molecule has 0 fully saturated rings. The van der Waals surface area contributed by atoms with Crippen LogP contribution >= 0.6 is 57.1 Å². The van der Waals surface area contributed by atoms with Crippen molar-refractivity contribution >= 4 is 112 Å². The molecule has 0 spiro atoms. The monoisotopic (exact) mass is 976 g/mol. The van der Waals surface area contributed by atoms with Crippen molar-refractivity contribution in [1.82, 2.24) is 8.75 Å². The SMILES string of the molecule is CCCCCC[Si](CCCCCC)(CCCCCC)c1cc2sc(-c3ccc(-c4cc5sc([Si](CCCCCC)(CCCCCC)CCCCCC)cc5s4)c4nsnc34)cc2s1. The molecule has 5 heterocycles. The molecule has 0 aliphatic carbocycles. The normalized spacial score (nSPS) is 12.6. The summed E-state index contributed by atoms with van der Waals surface area (Å²) in [6.45, 7) is 14.2. The van der Waals surface area contributed by atoms with Crippen molar-refractivity contribution in [1.29, 1.82) is 0 Å². The Morgan fingerprint density at radius 1 is 0.349 bits per heavy atom. The van der Waals surface area contributed by atoms with Crippen LogP contribution in [0.5, 0.6) is 0 Å². The summed E-state index contributed by atoms with van der Waals surface area (Å²) < 4.78 is 19.7. The van der Waals surface area contributed by atoms with Gasteiger partial charge in [-0.25, -0.2) is 0 Å². The summed E-state index contributed by atoms with van der Waals surface area (Å²) in [5, 5.41) is 0. The molecule has 9 heteroatoms. The highest BCUT2D eigenvalue weighted by atomic mass is 32.1. The lowest BCUT2D eigenvalue weighted by molar-refractivity contribution is 0.668. The highest BCUT2D eigenvalue weighted by Crippen LogP contribution is 2.45. The van der Waals surface area contributed by atoms with Crippen LogP contribution in [-0.4, -0.2) is 24.9 Å². The van der Waals surface area contributed by atoms with E-state index in [2.05, 4.69) is 101 Å². The third kappa shape index (κ3) is 13.7. The molecule has 0 saturated heterocycles. The van der Waals surface area contributed by atoms with Crippen molar-refractivity contribution in [2.24, 2.45) is 0 Å². The summed E-state index contributed by atoms with van der Waals surface area (Å²) in [6.07, 6.45) is 33.4. The Hall–Kier alpha value is -1.21. The largest absolute Gasteiger partial charge is 0.172 e. The van der Waals surface area contributed by atoms with Crippen molar-refractivity contribution in [2.75, 3.05) is 0 Å². The van der Waals surface area contributed by atoms with Crippen LogP contribution in [0.4, 0.5) is 0 Å². The number of unbranched alkanes of at least 4 members (excludes halogenated alkanes) is 18. The number of rotatable bonds is 34. The van der Waals surface area contributed by atoms with Crippen LogP contribution in [0.2, 0.25) is 36.3 Å². The van der Waals surface area contributed by atoms with E-state index in [-0.39, 0.29) is 0 Å². The molecule has 0 aliphatic heterocycles. The topological polar surface area (TPSA) is 25.8 Å². The van der Waals surface area contributed by atoms with Crippen LogP contribution in [0.15, 0.2) is 36.4 Å². The van der Waals surface area contributed by atoms with Gasteiger partial charge in [-0.2, -0.15) is 8.75 Å².